The summed E-state index contributed by atoms with van der Waals surface area (Å²) in [5.41, 5.74) is 17.3. The minimum Gasteiger partial charge on any atom is -0.231 e. The molecule has 1 aliphatic carbocycles. The Hall–Kier alpha value is -7.43. The summed E-state index contributed by atoms with van der Waals surface area (Å²) in [5, 5.41) is 7.81. The van der Waals surface area contributed by atoms with Crippen LogP contribution in [0.5, 0.6) is 0 Å². The highest BCUT2D eigenvalue weighted by molar-refractivity contribution is 6.08. The van der Waals surface area contributed by atoms with E-state index in [0.29, 0.717) is 5.82 Å². The van der Waals surface area contributed by atoms with E-state index in [-0.39, 0.29) is 5.41 Å². The lowest BCUT2D eigenvalue weighted by atomic mass is 9.82. The molecule has 1 aliphatic rings. The minimum atomic E-state index is -0.120. The second-order valence-corrected chi connectivity index (χ2v) is 15.7. The van der Waals surface area contributed by atoms with Crippen LogP contribution in [0.15, 0.2) is 194 Å². The highest BCUT2D eigenvalue weighted by atomic mass is 15.2. The molecule has 3 aromatic heterocycles. The van der Waals surface area contributed by atoms with Gasteiger partial charge in [0.2, 0.25) is 0 Å². The van der Waals surface area contributed by atoms with Crippen LogP contribution in [0.2, 0.25) is 0 Å². The molecule has 58 heavy (non-hydrogen) atoms. The summed E-state index contributed by atoms with van der Waals surface area (Å²) in [7, 11) is 0. The van der Waals surface area contributed by atoms with Crippen molar-refractivity contribution in [3.8, 4) is 78.7 Å². The van der Waals surface area contributed by atoms with E-state index in [0.717, 1.165) is 72.6 Å². The van der Waals surface area contributed by atoms with Crippen LogP contribution in [0.1, 0.15) is 25.0 Å². The molecule has 0 saturated carbocycles. The van der Waals surface area contributed by atoms with E-state index in [1.54, 1.807) is 0 Å². The number of pyridine rings is 1. The molecule has 0 atom stereocenters. The van der Waals surface area contributed by atoms with Crippen LogP contribution in [-0.2, 0) is 5.41 Å². The van der Waals surface area contributed by atoms with Gasteiger partial charge in [0, 0.05) is 44.2 Å². The van der Waals surface area contributed by atoms with Crippen LogP contribution in [0, 0.1) is 0 Å². The summed E-state index contributed by atoms with van der Waals surface area (Å²) in [6.07, 6.45) is 0. The summed E-state index contributed by atoms with van der Waals surface area (Å²) < 4.78 is 2.14. The van der Waals surface area contributed by atoms with Gasteiger partial charge in [0.15, 0.2) is 5.82 Å². The monoisotopic (exact) mass is 742 g/mol. The number of hydrogen-bond donors (Lipinski definition) is 0. The van der Waals surface area contributed by atoms with Crippen LogP contribution in [0.4, 0.5) is 0 Å². The Morgan fingerprint density at radius 2 is 1.03 bits per heavy atom. The van der Waals surface area contributed by atoms with Gasteiger partial charge in [0.25, 0.3) is 0 Å². The fourth-order valence-electron chi connectivity index (χ4n) is 8.93. The second-order valence-electron chi connectivity index (χ2n) is 15.7. The molecule has 0 fully saturated rings. The Morgan fingerprint density at radius 3 is 1.81 bits per heavy atom. The molecular weight excluding hydrogens is 705 g/mol. The highest BCUT2D eigenvalue weighted by Gasteiger charge is 2.35. The molecule has 4 nitrogen and oxygen atoms in total. The zero-order valence-corrected chi connectivity index (χ0v) is 32.3. The van der Waals surface area contributed by atoms with Crippen molar-refractivity contribution in [1.82, 2.24) is 19.6 Å². The molecule has 0 N–H and O–H groups in total. The van der Waals surface area contributed by atoms with E-state index < -0.39 is 0 Å². The Balaban J connectivity index is 1.12. The van der Waals surface area contributed by atoms with Crippen LogP contribution in [0.25, 0.3) is 95.0 Å². The average Bonchev–Trinajstić information content (AvgIpc) is 3.80. The number of nitrogens with zero attached hydrogens (tertiary/aromatic N) is 4. The SMILES string of the molecule is CC1(C)c2ccccc2-c2ccc(-c3cc(-c4ccccc4)nc(-c4cccc(-c5nn6c(-c7ccccc7)cc7ccccc7c6c5-c5ccccc5)c4)n3)cc21. The predicted octanol–water partition coefficient (Wildman–Crippen LogP) is 13.6. The molecule has 0 unspecified atom stereocenters. The lowest BCUT2D eigenvalue weighted by Gasteiger charge is -2.22. The first kappa shape index (κ1) is 33.9. The molecule has 0 radical (unpaired) electrons. The standard InChI is InChI=1S/C54H38N4/c1-54(2)45-28-15-14-27-43(45)44-30-29-39(32-46(44)54)48-34-47(35-17-6-3-7-18-35)55-53(56-48)41-25-16-24-40(31-41)51-50(37-21-10-5-11-22-37)52-42-26-13-12-23-38(42)33-49(58(52)57-51)36-19-8-4-9-20-36/h3-34H,1-2H3. The Morgan fingerprint density at radius 1 is 0.431 bits per heavy atom. The molecule has 274 valence electrons. The van der Waals surface area contributed by atoms with Crippen molar-refractivity contribution in [3.63, 3.8) is 0 Å². The minimum absolute atomic E-state index is 0.120. The summed E-state index contributed by atoms with van der Waals surface area (Å²) in [6, 6.07) is 68.8. The average molecular weight is 743 g/mol. The first-order valence-electron chi connectivity index (χ1n) is 19.9. The number of aromatic nitrogens is 4. The van der Waals surface area contributed by atoms with Crippen molar-refractivity contribution < 1.29 is 0 Å². The van der Waals surface area contributed by atoms with Crippen LogP contribution in [0.3, 0.4) is 0 Å². The Labute approximate surface area is 337 Å². The summed E-state index contributed by atoms with van der Waals surface area (Å²) in [6.45, 7) is 4.64. The van der Waals surface area contributed by atoms with Gasteiger partial charge in [-0.2, -0.15) is 5.10 Å². The van der Waals surface area contributed by atoms with E-state index in [4.69, 9.17) is 15.1 Å². The molecule has 0 bridgehead atoms. The molecule has 0 saturated heterocycles. The molecule has 0 spiro atoms. The lowest BCUT2D eigenvalue weighted by molar-refractivity contribution is 0.660. The van der Waals surface area contributed by atoms with Crippen molar-refractivity contribution in [2.45, 2.75) is 19.3 Å². The maximum Gasteiger partial charge on any atom is 0.160 e. The fourth-order valence-corrected chi connectivity index (χ4v) is 8.93. The van der Waals surface area contributed by atoms with Crippen molar-refractivity contribution in [2.75, 3.05) is 0 Å². The lowest BCUT2D eigenvalue weighted by Crippen LogP contribution is -2.14. The molecule has 0 aliphatic heterocycles. The third kappa shape index (κ3) is 5.48. The van der Waals surface area contributed by atoms with Crippen LogP contribution in [-0.4, -0.2) is 19.6 Å². The Kier molecular flexibility index (Phi) is 7.80. The van der Waals surface area contributed by atoms with Crippen molar-refractivity contribution in [1.29, 1.82) is 0 Å². The third-order valence-corrected chi connectivity index (χ3v) is 11.8. The van der Waals surface area contributed by atoms with E-state index in [2.05, 4.69) is 206 Å². The molecule has 7 aromatic carbocycles. The first-order chi connectivity index (χ1) is 28.5. The summed E-state index contributed by atoms with van der Waals surface area (Å²) in [4.78, 5) is 10.6. The van der Waals surface area contributed by atoms with Gasteiger partial charge < -0.3 is 0 Å². The van der Waals surface area contributed by atoms with Gasteiger partial charge in [-0.25, -0.2) is 14.5 Å². The van der Waals surface area contributed by atoms with Crippen molar-refractivity contribution >= 4 is 16.3 Å². The van der Waals surface area contributed by atoms with Gasteiger partial charge in [-0.3, -0.25) is 0 Å². The second kappa shape index (κ2) is 13.4. The quantitative estimate of drug-likeness (QED) is 0.170. The van der Waals surface area contributed by atoms with Crippen molar-refractivity contribution in [3.05, 3.63) is 205 Å². The topological polar surface area (TPSA) is 43.1 Å². The first-order valence-corrected chi connectivity index (χ1v) is 19.9. The fraction of sp³-hybridized carbons (Fsp3) is 0.0556. The maximum absolute atomic E-state index is 5.49. The van der Waals surface area contributed by atoms with Gasteiger partial charge in [-0.15, -0.1) is 0 Å². The number of rotatable bonds is 6. The normalized spacial score (nSPS) is 12.8. The zero-order chi connectivity index (χ0) is 38.8. The molecule has 11 rings (SSSR count). The number of fused-ring (bicyclic) bond motifs is 6. The molecule has 10 aromatic rings. The zero-order valence-electron chi connectivity index (χ0n) is 32.3. The Bertz CT molecular complexity index is 3180. The van der Waals surface area contributed by atoms with Gasteiger partial charge >= 0.3 is 0 Å². The predicted molar refractivity (Wildman–Crippen MR) is 238 cm³/mol. The van der Waals surface area contributed by atoms with Gasteiger partial charge in [0.1, 0.15) is 5.69 Å². The number of benzene rings is 7. The van der Waals surface area contributed by atoms with E-state index in [9.17, 15) is 0 Å². The van der Waals surface area contributed by atoms with Crippen LogP contribution < -0.4 is 0 Å². The van der Waals surface area contributed by atoms with Crippen molar-refractivity contribution in [2.24, 2.45) is 0 Å². The van der Waals surface area contributed by atoms with Crippen LogP contribution >= 0.6 is 0 Å². The van der Waals surface area contributed by atoms with E-state index in [1.165, 1.54) is 27.6 Å². The summed E-state index contributed by atoms with van der Waals surface area (Å²) >= 11 is 0. The largest absolute Gasteiger partial charge is 0.231 e. The van der Waals surface area contributed by atoms with Gasteiger partial charge in [0.05, 0.1) is 22.6 Å². The number of hydrogen-bond acceptors (Lipinski definition) is 3. The summed E-state index contributed by atoms with van der Waals surface area (Å²) in [5.74, 6) is 0.668. The van der Waals surface area contributed by atoms with Gasteiger partial charge in [-0.1, -0.05) is 184 Å². The molecule has 0 amide bonds. The van der Waals surface area contributed by atoms with E-state index >= 15 is 0 Å². The third-order valence-electron chi connectivity index (χ3n) is 11.8. The molecule has 4 heteroatoms. The molecular formula is C54H38N4. The van der Waals surface area contributed by atoms with Gasteiger partial charge in [-0.05, 0) is 57.5 Å². The smallest absolute Gasteiger partial charge is 0.160 e. The van der Waals surface area contributed by atoms with E-state index in [1.807, 2.05) is 6.07 Å². The highest BCUT2D eigenvalue weighted by Crippen LogP contribution is 2.49. The maximum atomic E-state index is 5.49. The molecule has 3 heterocycles.